The van der Waals surface area contributed by atoms with Crippen LogP contribution in [0.3, 0.4) is 0 Å². The number of aliphatic hydroxyl groups excluding tert-OH is 2. The van der Waals surface area contributed by atoms with E-state index in [-0.39, 0.29) is 12.5 Å². The summed E-state index contributed by atoms with van der Waals surface area (Å²) in [6.07, 6.45) is 65.6. The Labute approximate surface area is 342 Å². The third kappa shape index (κ3) is 42.8. The molecule has 4 nitrogen and oxygen atoms in total. The molecule has 2 unspecified atom stereocenters. The Morgan fingerprint density at radius 3 is 1.20 bits per heavy atom. The van der Waals surface area contributed by atoms with Crippen LogP contribution in [-0.4, -0.2) is 34.9 Å². The van der Waals surface area contributed by atoms with Gasteiger partial charge in [-0.1, -0.05) is 228 Å². The fraction of sp³-hybridized carbons (Fsp3) is 0.745. The van der Waals surface area contributed by atoms with Gasteiger partial charge in [0.1, 0.15) is 0 Å². The summed E-state index contributed by atoms with van der Waals surface area (Å²) in [5, 5.41) is 23.2. The van der Waals surface area contributed by atoms with Crippen molar-refractivity contribution in [2.24, 2.45) is 0 Å². The van der Waals surface area contributed by atoms with Gasteiger partial charge >= 0.3 is 0 Å². The minimum Gasteiger partial charge on any atom is -0.394 e. The molecule has 0 aliphatic carbocycles. The number of hydrogen-bond donors (Lipinski definition) is 3. The number of rotatable bonds is 42. The van der Waals surface area contributed by atoms with E-state index in [1.54, 1.807) is 0 Å². The molecular weight excluding hydrogens is 675 g/mol. The number of nitrogens with one attached hydrogen (secondary N) is 1. The summed E-state index contributed by atoms with van der Waals surface area (Å²) in [5.41, 5.74) is 0. The first-order valence-electron chi connectivity index (χ1n) is 23.6. The van der Waals surface area contributed by atoms with Crippen LogP contribution in [-0.2, 0) is 4.79 Å². The Kier molecular flexibility index (Phi) is 44.4. The summed E-state index contributed by atoms with van der Waals surface area (Å²) in [4.78, 5) is 12.4. The average molecular weight is 766 g/mol. The van der Waals surface area contributed by atoms with Gasteiger partial charge in [0.05, 0.1) is 18.8 Å². The van der Waals surface area contributed by atoms with Crippen molar-refractivity contribution in [1.82, 2.24) is 5.32 Å². The molecule has 0 spiro atoms. The highest BCUT2D eigenvalue weighted by Crippen LogP contribution is 2.15. The Bertz CT molecular complexity index is 961. The van der Waals surface area contributed by atoms with E-state index in [2.05, 4.69) is 92.1 Å². The molecule has 0 radical (unpaired) electrons. The third-order valence-corrected chi connectivity index (χ3v) is 10.5. The van der Waals surface area contributed by atoms with Crippen molar-refractivity contribution in [3.63, 3.8) is 0 Å². The van der Waals surface area contributed by atoms with Crippen molar-refractivity contribution in [3.8, 4) is 0 Å². The summed E-state index contributed by atoms with van der Waals surface area (Å²) in [5.74, 6) is -0.0388. The number of hydrogen-bond acceptors (Lipinski definition) is 3. The van der Waals surface area contributed by atoms with Gasteiger partial charge in [-0.15, -0.1) is 0 Å². The summed E-state index contributed by atoms with van der Waals surface area (Å²) >= 11 is 0. The SMILES string of the molecule is CC/C=C\C/C=C\C/C=C\C/C=C\C/C=C\C/C=C\CCCCCCCCCCCCC(=O)NC(CO)C(O)CCCCCCCCCCCCCCCC. The van der Waals surface area contributed by atoms with Gasteiger partial charge in [0.2, 0.25) is 5.91 Å². The van der Waals surface area contributed by atoms with Crippen molar-refractivity contribution in [1.29, 1.82) is 0 Å². The predicted octanol–water partition coefficient (Wildman–Crippen LogP) is 15.1. The first kappa shape index (κ1) is 52.8. The van der Waals surface area contributed by atoms with E-state index in [4.69, 9.17) is 0 Å². The highest BCUT2D eigenvalue weighted by molar-refractivity contribution is 5.76. The molecule has 0 aliphatic rings. The number of carbonyl (C=O) groups excluding carboxylic acids is 1. The lowest BCUT2D eigenvalue weighted by atomic mass is 10.0. The second kappa shape index (κ2) is 46.2. The number of unbranched alkanes of at least 4 members (excludes halogenated alkanes) is 23. The van der Waals surface area contributed by atoms with E-state index in [0.717, 1.165) is 64.2 Å². The molecule has 0 aromatic carbocycles. The van der Waals surface area contributed by atoms with Crippen LogP contribution >= 0.6 is 0 Å². The second-order valence-corrected chi connectivity index (χ2v) is 15.8. The van der Waals surface area contributed by atoms with Crippen LogP contribution in [0.2, 0.25) is 0 Å². The standard InChI is InChI=1S/C51H91NO3/c1-3-5-7-9-11-13-15-17-19-20-21-22-23-24-25-26-27-28-29-30-31-32-33-35-37-39-41-43-45-47-51(55)52-49(48-53)50(54)46-44-42-40-38-36-34-18-16-14-12-10-8-6-4-2/h5,7,11,13,17,19,21-22,24-25,27-28,49-50,53-54H,3-4,6,8-10,12,14-16,18,20,23,26,29-48H2,1-2H3,(H,52,55)/b7-5-,13-11-,19-17-,22-21-,25-24-,28-27-. The van der Waals surface area contributed by atoms with Gasteiger partial charge < -0.3 is 15.5 Å². The Hall–Kier alpha value is -2.17. The second-order valence-electron chi connectivity index (χ2n) is 15.8. The topological polar surface area (TPSA) is 69.6 Å². The summed E-state index contributed by atoms with van der Waals surface area (Å²) in [6, 6.07) is -0.542. The highest BCUT2D eigenvalue weighted by Gasteiger charge is 2.20. The molecule has 1 amide bonds. The maximum absolute atomic E-state index is 12.4. The van der Waals surface area contributed by atoms with Crippen LogP contribution in [0.1, 0.15) is 226 Å². The molecule has 0 saturated carbocycles. The lowest BCUT2D eigenvalue weighted by Gasteiger charge is -2.22. The molecule has 318 valence electrons. The maximum Gasteiger partial charge on any atom is 0.220 e. The van der Waals surface area contributed by atoms with Gasteiger partial charge in [0.25, 0.3) is 0 Å². The molecule has 55 heavy (non-hydrogen) atoms. The molecule has 0 aliphatic heterocycles. The van der Waals surface area contributed by atoms with Crippen LogP contribution in [0, 0.1) is 0 Å². The first-order chi connectivity index (χ1) is 27.2. The van der Waals surface area contributed by atoms with Crippen molar-refractivity contribution in [2.75, 3.05) is 6.61 Å². The van der Waals surface area contributed by atoms with Gasteiger partial charge in [-0.05, 0) is 64.2 Å². The lowest BCUT2D eigenvalue weighted by Crippen LogP contribution is -2.45. The summed E-state index contributed by atoms with van der Waals surface area (Å²) in [7, 11) is 0. The molecule has 0 aromatic rings. The quantitative estimate of drug-likeness (QED) is 0.0428. The van der Waals surface area contributed by atoms with E-state index in [0.29, 0.717) is 12.8 Å². The predicted molar refractivity (Wildman–Crippen MR) is 244 cm³/mol. The van der Waals surface area contributed by atoms with Crippen LogP contribution in [0.4, 0.5) is 0 Å². The first-order valence-corrected chi connectivity index (χ1v) is 23.6. The van der Waals surface area contributed by atoms with Gasteiger partial charge in [0, 0.05) is 6.42 Å². The van der Waals surface area contributed by atoms with Crippen molar-refractivity contribution < 1.29 is 15.0 Å². The van der Waals surface area contributed by atoms with Crippen LogP contribution in [0.25, 0.3) is 0 Å². The minimum atomic E-state index is -0.664. The molecule has 0 rings (SSSR count). The normalized spacial score (nSPS) is 13.6. The zero-order chi connectivity index (χ0) is 40.0. The van der Waals surface area contributed by atoms with Crippen LogP contribution < -0.4 is 5.32 Å². The Morgan fingerprint density at radius 2 is 0.800 bits per heavy atom. The zero-order valence-corrected chi connectivity index (χ0v) is 36.4. The van der Waals surface area contributed by atoms with Crippen molar-refractivity contribution in [2.45, 2.75) is 238 Å². The van der Waals surface area contributed by atoms with Crippen LogP contribution in [0.5, 0.6) is 0 Å². The third-order valence-electron chi connectivity index (χ3n) is 10.5. The van der Waals surface area contributed by atoms with E-state index in [1.165, 1.54) is 135 Å². The fourth-order valence-corrected chi connectivity index (χ4v) is 6.89. The summed E-state index contributed by atoms with van der Waals surface area (Å²) < 4.78 is 0. The largest absolute Gasteiger partial charge is 0.394 e. The zero-order valence-electron chi connectivity index (χ0n) is 36.4. The minimum absolute atomic E-state index is 0.0388. The molecular formula is C51H91NO3. The highest BCUT2D eigenvalue weighted by atomic mass is 16.3. The van der Waals surface area contributed by atoms with Crippen molar-refractivity contribution >= 4 is 5.91 Å². The monoisotopic (exact) mass is 766 g/mol. The van der Waals surface area contributed by atoms with E-state index < -0.39 is 12.1 Å². The molecule has 4 heteroatoms. The van der Waals surface area contributed by atoms with Gasteiger partial charge in [0.15, 0.2) is 0 Å². The Morgan fingerprint density at radius 1 is 0.455 bits per heavy atom. The number of aliphatic hydroxyl groups is 2. The average Bonchev–Trinajstić information content (AvgIpc) is 3.19. The molecule has 2 atom stereocenters. The lowest BCUT2D eigenvalue weighted by molar-refractivity contribution is -0.123. The Balaban J connectivity index is 3.55. The maximum atomic E-state index is 12.4. The number of carbonyl (C=O) groups is 1. The fourth-order valence-electron chi connectivity index (χ4n) is 6.89. The smallest absolute Gasteiger partial charge is 0.220 e. The van der Waals surface area contributed by atoms with Gasteiger partial charge in [-0.3, -0.25) is 4.79 Å². The molecule has 0 saturated heterocycles. The number of allylic oxidation sites excluding steroid dienone is 12. The van der Waals surface area contributed by atoms with Crippen LogP contribution in [0.15, 0.2) is 72.9 Å². The van der Waals surface area contributed by atoms with E-state index in [9.17, 15) is 15.0 Å². The summed E-state index contributed by atoms with van der Waals surface area (Å²) in [6.45, 7) is 4.24. The number of amides is 1. The molecule has 0 fully saturated rings. The molecule has 0 aromatic heterocycles. The molecule has 3 N–H and O–H groups in total. The molecule has 0 heterocycles. The van der Waals surface area contributed by atoms with Gasteiger partial charge in [-0.2, -0.15) is 0 Å². The van der Waals surface area contributed by atoms with Crippen molar-refractivity contribution in [3.05, 3.63) is 72.9 Å². The van der Waals surface area contributed by atoms with Gasteiger partial charge in [-0.25, -0.2) is 0 Å². The van der Waals surface area contributed by atoms with E-state index in [1.807, 2.05) is 0 Å². The molecule has 0 bridgehead atoms. The van der Waals surface area contributed by atoms with E-state index >= 15 is 0 Å².